The minimum atomic E-state index is -0.116. The summed E-state index contributed by atoms with van der Waals surface area (Å²) in [6.07, 6.45) is 0. The van der Waals surface area contributed by atoms with Crippen molar-refractivity contribution in [3.05, 3.63) is 28.8 Å². The van der Waals surface area contributed by atoms with Crippen LogP contribution in [0.25, 0.3) is 0 Å². The molecule has 0 aliphatic carbocycles. The summed E-state index contributed by atoms with van der Waals surface area (Å²) in [4.78, 5) is 11.1. The molecule has 1 aromatic carbocycles. The number of methoxy groups -OCH3 is 1. The average Bonchev–Trinajstić information content (AvgIpc) is 2.20. The number of hydrogen-bond donors (Lipinski definition) is 0. The number of Topliss-reactive ketones (excluding diaryl/α,β-unsaturated/α-hetero) is 1. The molecule has 0 aromatic heterocycles. The Morgan fingerprint density at radius 3 is 2.80 bits per heavy atom. The highest BCUT2D eigenvalue weighted by atomic mass is 35.5. The van der Waals surface area contributed by atoms with Gasteiger partial charge in [-0.2, -0.15) is 0 Å². The molecule has 0 saturated carbocycles. The van der Waals surface area contributed by atoms with E-state index < -0.39 is 0 Å². The number of carbonyl (C=O) groups excluding carboxylic acids is 1. The third-order valence-electron chi connectivity index (χ3n) is 1.78. The van der Waals surface area contributed by atoms with Gasteiger partial charge in [0.1, 0.15) is 19.0 Å². The second-order valence-electron chi connectivity index (χ2n) is 3.19. The van der Waals surface area contributed by atoms with Crippen LogP contribution in [0.2, 0.25) is 5.02 Å². The van der Waals surface area contributed by atoms with E-state index in [2.05, 4.69) is 4.74 Å². The number of rotatable bonds is 5. The fourth-order valence-electron chi connectivity index (χ4n) is 1.08. The molecule has 1 aromatic rings. The predicted molar refractivity (Wildman–Crippen MR) is 58.6 cm³/mol. The third-order valence-corrected chi connectivity index (χ3v) is 2.09. The van der Waals surface area contributed by atoms with Crippen LogP contribution in [0.4, 0.5) is 0 Å². The summed E-state index contributed by atoms with van der Waals surface area (Å²) in [6.45, 7) is 1.97. The Kier molecular flexibility index (Phi) is 4.59. The second-order valence-corrected chi connectivity index (χ2v) is 3.60. The molecule has 1 rings (SSSR count). The minimum absolute atomic E-state index is 0.0169. The van der Waals surface area contributed by atoms with Gasteiger partial charge in [0, 0.05) is 7.11 Å². The molecule has 0 saturated heterocycles. The normalized spacial score (nSPS) is 10.1. The maximum absolute atomic E-state index is 11.1. The standard InChI is InChI=1S/C11H13ClO3/c1-8-3-4-10(12)11(5-8)15-7-9(13)6-14-2/h3-5H,6-7H2,1-2H3. The van der Waals surface area contributed by atoms with Gasteiger partial charge in [-0.25, -0.2) is 0 Å². The van der Waals surface area contributed by atoms with E-state index in [1.807, 2.05) is 13.0 Å². The first-order valence-electron chi connectivity index (χ1n) is 4.53. The van der Waals surface area contributed by atoms with E-state index in [1.54, 1.807) is 12.1 Å². The van der Waals surface area contributed by atoms with Crippen molar-refractivity contribution in [2.24, 2.45) is 0 Å². The van der Waals surface area contributed by atoms with Crippen LogP contribution in [0.15, 0.2) is 18.2 Å². The Balaban J connectivity index is 2.57. The Morgan fingerprint density at radius 1 is 1.40 bits per heavy atom. The van der Waals surface area contributed by atoms with E-state index in [-0.39, 0.29) is 19.0 Å². The molecule has 82 valence electrons. The SMILES string of the molecule is COCC(=O)COc1cc(C)ccc1Cl. The van der Waals surface area contributed by atoms with Crippen molar-refractivity contribution < 1.29 is 14.3 Å². The maximum atomic E-state index is 11.1. The summed E-state index contributed by atoms with van der Waals surface area (Å²) < 4.78 is 9.95. The monoisotopic (exact) mass is 228 g/mol. The van der Waals surface area contributed by atoms with Crippen molar-refractivity contribution in [2.75, 3.05) is 20.3 Å². The lowest BCUT2D eigenvalue weighted by molar-refractivity contribution is -0.124. The van der Waals surface area contributed by atoms with Gasteiger partial charge in [-0.3, -0.25) is 4.79 Å². The van der Waals surface area contributed by atoms with Crippen LogP contribution in [-0.4, -0.2) is 26.1 Å². The average molecular weight is 229 g/mol. The fourth-order valence-corrected chi connectivity index (χ4v) is 1.25. The van der Waals surface area contributed by atoms with Crippen LogP contribution in [0.5, 0.6) is 5.75 Å². The summed E-state index contributed by atoms with van der Waals surface area (Å²) in [5.41, 5.74) is 1.04. The summed E-state index contributed by atoms with van der Waals surface area (Å²) in [5.74, 6) is 0.413. The lowest BCUT2D eigenvalue weighted by Gasteiger charge is -2.07. The Labute approximate surface area is 93.9 Å². The van der Waals surface area contributed by atoms with Crippen molar-refractivity contribution in [3.63, 3.8) is 0 Å². The number of halogens is 1. The lowest BCUT2D eigenvalue weighted by atomic mass is 10.2. The number of aryl methyl sites for hydroxylation is 1. The highest BCUT2D eigenvalue weighted by Crippen LogP contribution is 2.24. The molecular weight excluding hydrogens is 216 g/mol. The molecule has 0 bridgehead atoms. The van der Waals surface area contributed by atoms with E-state index in [9.17, 15) is 4.79 Å². The predicted octanol–water partition coefficient (Wildman–Crippen LogP) is 2.24. The van der Waals surface area contributed by atoms with Gasteiger partial charge in [0.25, 0.3) is 0 Å². The molecular formula is C11H13ClO3. The van der Waals surface area contributed by atoms with Crippen LogP contribution in [-0.2, 0) is 9.53 Å². The molecule has 0 radical (unpaired) electrons. The molecule has 15 heavy (non-hydrogen) atoms. The number of ether oxygens (including phenoxy) is 2. The lowest BCUT2D eigenvalue weighted by Crippen LogP contribution is -2.16. The zero-order chi connectivity index (χ0) is 11.3. The second kappa shape index (κ2) is 5.73. The van der Waals surface area contributed by atoms with E-state index in [4.69, 9.17) is 16.3 Å². The van der Waals surface area contributed by atoms with Crippen molar-refractivity contribution in [2.45, 2.75) is 6.92 Å². The van der Waals surface area contributed by atoms with Crippen molar-refractivity contribution in [1.29, 1.82) is 0 Å². The molecule has 0 N–H and O–H groups in total. The highest BCUT2D eigenvalue weighted by molar-refractivity contribution is 6.32. The number of carbonyl (C=O) groups is 1. The first kappa shape index (κ1) is 12.0. The number of ketones is 1. The maximum Gasteiger partial charge on any atom is 0.195 e. The van der Waals surface area contributed by atoms with Gasteiger partial charge in [0.05, 0.1) is 5.02 Å². The minimum Gasteiger partial charge on any atom is -0.484 e. The highest BCUT2D eigenvalue weighted by Gasteiger charge is 2.05. The molecule has 0 amide bonds. The zero-order valence-corrected chi connectivity index (χ0v) is 9.50. The summed E-state index contributed by atoms with van der Waals surface area (Å²) >= 11 is 5.89. The van der Waals surface area contributed by atoms with Gasteiger partial charge in [0.2, 0.25) is 0 Å². The van der Waals surface area contributed by atoms with Gasteiger partial charge < -0.3 is 9.47 Å². The molecule has 0 fully saturated rings. The van der Waals surface area contributed by atoms with Gasteiger partial charge in [-0.1, -0.05) is 17.7 Å². The van der Waals surface area contributed by atoms with Gasteiger partial charge in [0.15, 0.2) is 5.78 Å². The van der Waals surface area contributed by atoms with Crippen molar-refractivity contribution >= 4 is 17.4 Å². The first-order valence-corrected chi connectivity index (χ1v) is 4.91. The smallest absolute Gasteiger partial charge is 0.195 e. The van der Waals surface area contributed by atoms with E-state index in [0.29, 0.717) is 10.8 Å². The fraction of sp³-hybridized carbons (Fsp3) is 0.364. The van der Waals surface area contributed by atoms with Crippen molar-refractivity contribution in [1.82, 2.24) is 0 Å². The zero-order valence-electron chi connectivity index (χ0n) is 8.75. The molecule has 0 atom stereocenters. The Morgan fingerprint density at radius 2 is 2.13 bits per heavy atom. The van der Waals surface area contributed by atoms with Crippen molar-refractivity contribution in [3.8, 4) is 5.75 Å². The number of hydrogen-bond acceptors (Lipinski definition) is 3. The van der Waals surface area contributed by atoms with Crippen LogP contribution in [0.1, 0.15) is 5.56 Å². The topological polar surface area (TPSA) is 35.5 Å². The van der Waals surface area contributed by atoms with Crippen LogP contribution in [0.3, 0.4) is 0 Å². The number of benzene rings is 1. The van der Waals surface area contributed by atoms with Gasteiger partial charge in [-0.15, -0.1) is 0 Å². The summed E-state index contributed by atoms with van der Waals surface area (Å²) in [5, 5.41) is 0.505. The third kappa shape index (κ3) is 3.90. The molecule has 0 heterocycles. The molecule has 0 unspecified atom stereocenters. The quantitative estimate of drug-likeness (QED) is 0.776. The van der Waals surface area contributed by atoms with E-state index in [1.165, 1.54) is 7.11 Å². The first-order chi connectivity index (χ1) is 7.13. The van der Waals surface area contributed by atoms with Crippen LogP contribution >= 0.6 is 11.6 Å². The van der Waals surface area contributed by atoms with Crippen LogP contribution in [0, 0.1) is 6.92 Å². The Hall–Kier alpha value is -1.06. The Bertz CT molecular complexity index is 350. The van der Waals surface area contributed by atoms with E-state index in [0.717, 1.165) is 5.56 Å². The van der Waals surface area contributed by atoms with Crippen LogP contribution < -0.4 is 4.74 Å². The molecule has 0 spiro atoms. The van der Waals surface area contributed by atoms with Gasteiger partial charge >= 0.3 is 0 Å². The summed E-state index contributed by atoms with van der Waals surface area (Å²) in [7, 11) is 1.47. The molecule has 0 aliphatic rings. The summed E-state index contributed by atoms with van der Waals surface area (Å²) in [6, 6.07) is 5.42. The molecule has 4 heteroatoms. The largest absolute Gasteiger partial charge is 0.484 e. The molecule has 0 aliphatic heterocycles. The molecule has 3 nitrogen and oxygen atoms in total. The van der Waals surface area contributed by atoms with Gasteiger partial charge in [-0.05, 0) is 24.6 Å². The van der Waals surface area contributed by atoms with E-state index >= 15 is 0 Å².